The molecule has 0 aliphatic carbocycles. The summed E-state index contributed by atoms with van der Waals surface area (Å²) in [5.74, 6) is 0.802. The fourth-order valence-electron chi connectivity index (χ4n) is 4.30. The van der Waals surface area contributed by atoms with Crippen LogP contribution in [0, 0.1) is 5.41 Å². The number of nitrogens with zero attached hydrogens (tertiary/aromatic N) is 3. The molecule has 0 unspecified atom stereocenters. The minimum atomic E-state index is -0.454. The molecule has 7 heteroatoms. The summed E-state index contributed by atoms with van der Waals surface area (Å²) in [6, 6.07) is 17.2. The maximum Gasteiger partial charge on any atom is 0.236 e. The van der Waals surface area contributed by atoms with Gasteiger partial charge in [-0.15, -0.1) is 0 Å². The maximum absolute atomic E-state index is 13.3. The largest absolute Gasteiger partial charge is 0.493 e. The van der Waals surface area contributed by atoms with E-state index in [9.17, 15) is 9.59 Å². The minimum absolute atomic E-state index is 0.0513. The Morgan fingerprint density at radius 1 is 1.09 bits per heavy atom. The number of halogens is 1. The number of hydrogen-bond acceptors (Lipinski definition) is 4. The van der Waals surface area contributed by atoms with E-state index >= 15 is 0 Å². The van der Waals surface area contributed by atoms with Crippen LogP contribution in [0.5, 0.6) is 5.75 Å². The van der Waals surface area contributed by atoms with E-state index in [1.807, 2.05) is 73.4 Å². The second-order valence-electron chi connectivity index (χ2n) is 9.31. The van der Waals surface area contributed by atoms with Crippen LogP contribution in [0.2, 0.25) is 5.02 Å². The molecule has 1 aliphatic heterocycles. The maximum atomic E-state index is 13.3. The monoisotopic (exact) mass is 471 g/mol. The summed E-state index contributed by atoms with van der Waals surface area (Å²) in [5.41, 5.74) is 0.633. The van der Waals surface area contributed by atoms with Crippen LogP contribution in [0.15, 0.2) is 54.6 Å². The molecule has 1 saturated heterocycles. The summed E-state index contributed by atoms with van der Waals surface area (Å²) >= 11 is 6.12. The van der Waals surface area contributed by atoms with E-state index in [2.05, 4.69) is 0 Å². The molecule has 2 amide bonds. The van der Waals surface area contributed by atoms with Gasteiger partial charge in [0.25, 0.3) is 0 Å². The highest BCUT2D eigenvalue weighted by atomic mass is 35.5. The first kappa shape index (κ1) is 25.1. The summed E-state index contributed by atoms with van der Waals surface area (Å²) in [5, 5.41) is 0.603. The van der Waals surface area contributed by atoms with Crippen molar-refractivity contribution in [3.63, 3.8) is 0 Å². The molecule has 0 N–H and O–H groups in total. The van der Waals surface area contributed by atoms with Gasteiger partial charge in [-0.2, -0.15) is 0 Å². The number of amides is 2. The zero-order valence-electron chi connectivity index (χ0n) is 19.8. The number of benzene rings is 2. The lowest BCUT2D eigenvalue weighted by Gasteiger charge is -2.43. The number of piperidine rings is 1. The Labute approximate surface area is 202 Å². The minimum Gasteiger partial charge on any atom is -0.493 e. The van der Waals surface area contributed by atoms with Gasteiger partial charge in [0, 0.05) is 43.5 Å². The van der Waals surface area contributed by atoms with Crippen LogP contribution < -0.4 is 4.74 Å². The van der Waals surface area contributed by atoms with Crippen molar-refractivity contribution in [2.45, 2.75) is 25.8 Å². The first-order valence-corrected chi connectivity index (χ1v) is 11.7. The van der Waals surface area contributed by atoms with Crippen molar-refractivity contribution in [2.24, 2.45) is 5.41 Å². The lowest BCUT2D eigenvalue weighted by molar-refractivity contribution is -0.141. The molecule has 0 bridgehead atoms. The lowest BCUT2D eigenvalue weighted by Crippen LogP contribution is -2.52. The molecular formula is C26H34ClN3O3. The van der Waals surface area contributed by atoms with E-state index in [0.717, 1.165) is 18.4 Å². The number of hydrogen-bond donors (Lipinski definition) is 0. The zero-order chi connectivity index (χ0) is 23.8. The van der Waals surface area contributed by atoms with Gasteiger partial charge >= 0.3 is 0 Å². The van der Waals surface area contributed by atoms with Crippen LogP contribution in [0.1, 0.15) is 24.8 Å². The van der Waals surface area contributed by atoms with Gasteiger partial charge in [-0.1, -0.05) is 48.0 Å². The van der Waals surface area contributed by atoms with Gasteiger partial charge in [-0.3, -0.25) is 9.59 Å². The van der Waals surface area contributed by atoms with Crippen molar-refractivity contribution in [3.8, 4) is 5.75 Å². The van der Waals surface area contributed by atoms with E-state index in [4.69, 9.17) is 16.3 Å². The van der Waals surface area contributed by atoms with Crippen LogP contribution in [-0.2, 0) is 16.1 Å². The molecule has 33 heavy (non-hydrogen) atoms. The molecule has 0 spiro atoms. The normalized spacial score (nSPS) is 18.3. The van der Waals surface area contributed by atoms with Crippen LogP contribution in [0.3, 0.4) is 0 Å². The molecular weight excluding hydrogens is 438 g/mol. The Hall–Kier alpha value is -2.57. The van der Waals surface area contributed by atoms with Crippen molar-refractivity contribution in [1.29, 1.82) is 0 Å². The van der Waals surface area contributed by atoms with Crippen LogP contribution in [-0.4, -0.2) is 73.9 Å². The van der Waals surface area contributed by atoms with Crippen LogP contribution in [0.4, 0.5) is 0 Å². The van der Waals surface area contributed by atoms with Gasteiger partial charge in [0.2, 0.25) is 11.8 Å². The summed E-state index contributed by atoms with van der Waals surface area (Å²) in [6.07, 6.45) is 1.99. The lowest BCUT2D eigenvalue weighted by atomic mass is 9.77. The molecule has 1 heterocycles. The van der Waals surface area contributed by atoms with Crippen molar-refractivity contribution >= 4 is 23.4 Å². The Morgan fingerprint density at radius 2 is 1.85 bits per heavy atom. The average molecular weight is 472 g/mol. The molecule has 1 atom stereocenters. The van der Waals surface area contributed by atoms with Gasteiger partial charge < -0.3 is 19.4 Å². The third-order valence-electron chi connectivity index (χ3n) is 6.02. The number of likely N-dealkylation sites (N-methyl/N-ethyl adjacent to an activating group) is 1. The number of carbonyl (C=O) groups excluding carboxylic acids is 2. The molecule has 2 aromatic carbocycles. The second kappa shape index (κ2) is 11.5. The Morgan fingerprint density at radius 3 is 2.55 bits per heavy atom. The molecule has 3 rings (SSSR count). The van der Waals surface area contributed by atoms with Crippen molar-refractivity contribution in [1.82, 2.24) is 14.7 Å². The predicted molar refractivity (Wildman–Crippen MR) is 131 cm³/mol. The first-order valence-electron chi connectivity index (χ1n) is 11.4. The Bertz CT molecular complexity index is 937. The summed E-state index contributed by atoms with van der Waals surface area (Å²) < 4.78 is 6.13. The quantitative estimate of drug-likeness (QED) is 0.556. The Balaban J connectivity index is 1.75. The average Bonchev–Trinajstić information content (AvgIpc) is 2.78. The topological polar surface area (TPSA) is 53.1 Å². The van der Waals surface area contributed by atoms with Crippen molar-refractivity contribution in [2.75, 3.05) is 47.4 Å². The molecule has 2 aromatic rings. The number of likely N-dealkylation sites (tertiary alicyclic amines) is 1. The van der Waals surface area contributed by atoms with Gasteiger partial charge in [0.15, 0.2) is 0 Å². The predicted octanol–water partition coefficient (Wildman–Crippen LogP) is 3.94. The molecule has 178 valence electrons. The summed E-state index contributed by atoms with van der Waals surface area (Å²) in [6.45, 7) is 2.47. The van der Waals surface area contributed by atoms with Gasteiger partial charge in [0.05, 0.1) is 13.2 Å². The molecule has 6 nitrogen and oxygen atoms in total. The van der Waals surface area contributed by atoms with Gasteiger partial charge in [-0.05, 0) is 50.7 Å². The van der Waals surface area contributed by atoms with Crippen molar-refractivity contribution < 1.29 is 14.3 Å². The van der Waals surface area contributed by atoms with Gasteiger partial charge in [0.1, 0.15) is 5.75 Å². The number of carbonyl (C=O) groups is 2. The van der Waals surface area contributed by atoms with E-state index in [1.54, 1.807) is 17.0 Å². The number of rotatable bonds is 9. The molecule has 1 fully saturated rings. The first-order chi connectivity index (χ1) is 15.8. The van der Waals surface area contributed by atoms with Gasteiger partial charge in [-0.25, -0.2) is 0 Å². The van der Waals surface area contributed by atoms with E-state index < -0.39 is 5.41 Å². The van der Waals surface area contributed by atoms with E-state index in [0.29, 0.717) is 50.0 Å². The summed E-state index contributed by atoms with van der Waals surface area (Å²) in [7, 11) is 5.61. The highest BCUT2D eigenvalue weighted by molar-refractivity contribution is 6.30. The highest BCUT2D eigenvalue weighted by Gasteiger charge is 2.40. The molecule has 0 radical (unpaired) electrons. The van der Waals surface area contributed by atoms with Crippen molar-refractivity contribution in [3.05, 3.63) is 65.2 Å². The zero-order valence-corrected chi connectivity index (χ0v) is 20.6. The van der Waals surface area contributed by atoms with E-state index in [-0.39, 0.29) is 11.8 Å². The SMILES string of the molecule is CN(C)CC(=O)N1CCC[C@@](COc2cccc(Cl)c2)(CC(=O)N(C)Cc2ccccc2)C1. The fourth-order valence-corrected chi connectivity index (χ4v) is 4.48. The third kappa shape index (κ3) is 7.47. The molecule has 0 aromatic heterocycles. The second-order valence-corrected chi connectivity index (χ2v) is 9.75. The number of ether oxygens (including phenoxy) is 1. The molecule has 1 aliphatic rings. The van der Waals surface area contributed by atoms with E-state index in [1.165, 1.54) is 0 Å². The highest BCUT2D eigenvalue weighted by Crippen LogP contribution is 2.35. The molecule has 0 saturated carbocycles. The standard InChI is InChI=1S/C26H34ClN3O3/c1-28(2)18-25(32)30-14-8-13-26(19-30,20-33-23-12-7-11-22(27)15-23)16-24(31)29(3)17-21-9-5-4-6-10-21/h4-7,9-12,15H,8,13-14,16-20H2,1-3H3/t26-/m1/s1. The third-order valence-corrected chi connectivity index (χ3v) is 6.26. The smallest absolute Gasteiger partial charge is 0.236 e. The van der Waals surface area contributed by atoms with Crippen LogP contribution in [0.25, 0.3) is 0 Å². The van der Waals surface area contributed by atoms with Crippen LogP contribution >= 0.6 is 11.6 Å². The summed E-state index contributed by atoms with van der Waals surface area (Å²) in [4.78, 5) is 31.6. The Kier molecular flexibility index (Phi) is 8.75. The fraction of sp³-hybridized carbons (Fsp3) is 0.462.